The smallest absolute Gasteiger partial charge is 0.314 e. The van der Waals surface area contributed by atoms with E-state index in [4.69, 9.17) is 9.47 Å². The van der Waals surface area contributed by atoms with E-state index in [0.717, 1.165) is 32.1 Å². The van der Waals surface area contributed by atoms with Crippen molar-refractivity contribution in [3.8, 4) is 0 Å². The van der Waals surface area contributed by atoms with Crippen LogP contribution < -0.4 is 0 Å². The fourth-order valence-electron chi connectivity index (χ4n) is 3.16. The first-order chi connectivity index (χ1) is 9.91. The van der Waals surface area contributed by atoms with Gasteiger partial charge in [-0.25, -0.2) is 0 Å². The van der Waals surface area contributed by atoms with E-state index < -0.39 is 5.41 Å². The minimum absolute atomic E-state index is 0.0960. The van der Waals surface area contributed by atoms with Gasteiger partial charge in [0.1, 0.15) is 0 Å². The molecule has 0 radical (unpaired) electrons. The van der Waals surface area contributed by atoms with Gasteiger partial charge in [-0.15, -0.1) is 0 Å². The van der Waals surface area contributed by atoms with Crippen molar-refractivity contribution in [2.24, 2.45) is 11.3 Å². The second-order valence-electron chi connectivity index (χ2n) is 7.15. The lowest BCUT2D eigenvalue weighted by molar-refractivity contribution is -0.203. The van der Waals surface area contributed by atoms with Crippen LogP contribution in [-0.2, 0) is 14.3 Å². The molecule has 0 N–H and O–H groups in total. The van der Waals surface area contributed by atoms with E-state index in [2.05, 4.69) is 20.8 Å². The molecule has 0 aromatic heterocycles. The highest BCUT2D eigenvalue weighted by Gasteiger charge is 2.35. The van der Waals surface area contributed by atoms with Crippen LogP contribution >= 0.6 is 0 Å². The molecule has 0 aromatic carbocycles. The SMILES string of the molecule is CCC(OC(=O)C(C)(CC)CC(C)C)OC1CCCCC1. The average Bonchev–Trinajstić information content (AvgIpc) is 2.46. The maximum atomic E-state index is 12.5. The molecular formula is C18H34O3. The summed E-state index contributed by atoms with van der Waals surface area (Å²) in [5, 5.41) is 0. The van der Waals surface area contributed by atoms with Crippen molar-refractivity contribution in [3.63, 3.8) is 0 Å². The molecule has 1 saturated carbocycles. The molecule has 0 bridgehead atoms. The molecule has 1 aliphatic rings. The summed E-state index contributed by atoms with van der Waals surface area (Å²) < 4.78 is 11.7. The number of carbonyl (C=O) groups excluding carboxylic acids is 1. The Kier molecular flexibility index (Phi) is 7.72. The fraction of sp³-hybridized carbons (Fsp3) is 0.944. The van der Waals surface area contributed by atoms with Crippen LogP contribution in [0.1, 0.15) is 86.0 Å². The Morgan fingerprint density at radius 3 is 2.29 bits per heavy atom. The lowest BCUT2D eigenvalue weighted by Crippen LogP contribution is -2.36. The summed E-state index contributed by atoms with van der Waals surface area (Å²) in [4.78, 5) is 12.5. The minimum atomic E-state index is -0.391. The van der Waals surface area contributed by atoms with Crippen molar-refractivity contribution < 1.29 is 14.3 Å². The zero-order valence-corrected chi connectivity index (χ0v) is 14.6. The third-order valence-corrected chi connectivity index (χ3v) is 4.60. The molecule has 2 unspecified atom stereocenters. The molecule has 0 saturated heterocycles. The van der Waals surface area contributed by atoms with E-state index >= 15 is 0 Å². The Hall–Kier alpha value is -0.570. The Bertz CT molecular complexity index is 308. The molecule has 21 heavy (non-hydrogen) atoms. The van der Waals surface area contributed by atoms with Crippen LogP contribution in [0.25, 0.3) is 0 Å². The van der Waals surface area contributed by atoms with Crippen LogP contribution in [0.15, 0.2) is 0 Å². The van der Waals surface area contributed by atoms with Crippen molar-refractivity contribution in [1.29, 1.82) is 0 Å². The number of carbonyl (C=O) groups is 1. The van der Waals surface area contributed by atoms with Crippen molar-refractivity contribution in [2.45, 2.75) is 98.4 Å². The maximum absolute atomic E-state index is 12.5. The summed E-state index contributed by atoms with van der Waals surface area (Å²) in [5.74, 6) is 0.392. The number of esters is 1. The molecular weight excluding hydrogens is 264 g/mol. The Balaban J connectivity index is 2.55. The topological polar surface area (TPSA) is 35.5 Å². The van der Waals surface area contributed by atoms with E-state index in [0.29, 0.717) is 5.92 Å². The third kappa shape index (κ3) is 5.98. The zero-order valence-electron chi connectivity index (χ0n) is 14.6. The maximum Gasteiger partial charge on any atom is 0.314 e. The second-order valence-corrected chi connectivity index (χ2v) is 7.15. The van der Waals surface area contributed by atoms with Gasteiger partial charge in [-0.05, 0) is 38.5 Å². The van der Waals surface area contributed by atoms with Crippen molar-refractivity contribution >= 4 is 5.97 Å². The molecule has 1 fully saturated rings. The summed E-state index contributed by atoms with van der Waals surface area (Å²) in [6.45, 7) is 10.4. The monoisotopic (exact) mass is 298 g/mol. The fourth-order valence-corrected chi connectivity index (χ4v) is 3.16. The van der Waals surface area contributed by atoms with Crippen molar-refractivity contribution in [3.05, 3.63) is 0 Å². The third-order valence-electron chi connectivity index (χ3n) is 4.60. The summed E-state index contributed by atoms with van der Waals surface area (Å²) in [5.41, 5.74) is -0.391. The van der Waals surface area contributed by atoms with Crippen molar-refractivity contribution in [2.75, 3.05) is 0 Å². The van der Waals surface area contributed by atoms with E-state index in [1.54, 1.807) is 0 Å². The standard InChI is InChI=1S/C18H34O3/c1-6-16(20-15-11-9-8-10-12-15)21-17(19)18(5,7-2)13-14(3)4/h14-16H,6-13H2,1-5H3. The highest BCUT2D eigenvalue weighted by molar-refractivity contribution is 5.76. The number of ether oxygens (including phenoxy) is 2. The van der Waals surface area contributed by atoms with Gasteiger partial charge in [-0.1, -0.05) is 47.0 Å². The lowest BCUT2D eigenvalue weighted by atomic mass is 9.80. The molecule has 0 spiro atoms. The first-order valence-electron chi connectivity index (χ1n) is 8.77. The normalized spacial score (nSPS) is 21.0. The largest absolute Gasteiger partial charge is 0.435 e. The van der Waals surface area contributed by atoms with Crippen LogP contribution in [0, 0.1) is 11.3 Å². The van der Waals surface area contributed by atoms with Gasteiger partial charge in [-0.3, -0.25) is 4.79 Å². The lowest BCUT2D eigenvalue weighted by Gasteiger charge is -2.32. The molecule has 1 rings (SSSR count). The van der Waals surface area contributed by atoms with Gasteiger partial charge >= 0.3 is 5.97 Å². The number of hydrogen-bond acceptors (Lipinski definition) is 3. The molecule has 124 valence electrons. The number of rotatable bonds is 8. The van der Waals surface area contributed by atoms with E-state index in [9.17, 15) is 4.79 Å². The predicted octanol–water partition coefficient (Wildman–Crippen LogP) is 5.08. The van der Waals surface area contributed by atoms with E-state index in [-0.39, 0.29) is 18.4 Å². The Labute approximate surface area is 130 Å². The zero-order chi connectivity index (χ0) is 15.9. The quantitative estimate of drug-likeness (QED) is 0.463. The highest BCUT2D eigenvalue weighted by atomic mass is 16.7. The second kappa shape index (κ2) is 8.77. The Morgan fingerprint density at radius 1 is 1.19 bits per heavy atom. The summed E-state index contributed by atoms with van der Waals surface area (Å²) in [6.07, 6.45) is 8.27. The predicted molar refractivity (Wildman–Crippen MR) is 86.0 cm³/mol. The summed E-state index contributed by atoms with van der Waals surface area (Å²) >= 11 is 0. The van der Waals surface area contributed by atoms with Crippen LogP contribution in [0.2, 0.25) is 0 Å². The first kappa shape index (κ1) is 18.5. The van der Waals surface area contributed by atoms with Crippen LogP contribution in [-0.4, -0.2) is 18.4 Å². The van der Waals surface area contributed by atoms with Crippen molar-refractivity contribution in [1.82, 2.24) is 0 Å². The number of hydrogen-bond donors (Lipinski definition) is 0. The molecule has 0 aliphatic heterocycles. The average molecular weight is 298 g/mol. The molecule has 0 heterocycles. The van der Waals surface area contributed by atoms with Crippen LogP contribution in [0.5, 0.6) is 0 Å². The molecule has 1 aliphatic carbocycles. The van der Waals surface area contributed by atoms with Gasteiger partial charge in [0.05, 0.1) is 11.5 Å². The first-order valence-corrected chi connectivity index (χ1v) is 8.77. The molecule has 3 heteroatoms. The molecule has 3 nitrogen and oxygen atoms in total. The van der Waals surface area contributed by atoms with Gasteiger partial charge in [0.2, 0.25) is 6.29 Å². The van der Waals surface area contributed by atoms with Gasteiger partial charge in [0.25, 0.3) is 0 Å². The summed E-state index contributed by atoms with van der Waals surface area (Å²) in [7, 11) is 0. The minimum Gasteiger partial charge on any atom is -0.435 e. The van der Waals surface area contributed by atoms with Gasteiger partial charge in [0.15, 0.2) is 0 Å². The van der Waals surface area contributed by atoms with E-state index in [1.807, 2.05) is 13.8 Å². The molecule has 2 atom stereocenters. The van der Waals surface area contributed by atoms with Gasteiger partial charge < -0.3 is 9.47 Å². The van der Waals surface area contributed by atoms with E-state index in [1.165, 1.54) is 19.3 Å². The van der Waals surface area contributed by atoms with Crippen LogP contribution in [0.3, 0.4) is 0 Å². The highest BCUT2D eigenvalue weighted by Crippen LogP contribution is 2.32. The van der Waals surface area contributed by atoms with Crippen LogP contribution in [0.4, 0.5) is 0 Å². The summed E-state index contributed by atoms with van der Waals surface area (Å²) in [6, 6.07) is 0. The Morgan fingerprint density at radius 2 is 1.81 bits per heavy atom. The van der Waals surface area contributed by atoms with Gasteiger partial charge in [-0.2, -0.15) is 0 Å². The molecule has 0 aromatic rings. The molecule has 0 amide bonds. The van der Waals surface area contributed by atoms with Gasteiger partial charge in [0, 0.05) is 6.42 Å².